The molecule has 0 radical (unpaired) electrons. The summed E-state index contributed by atoms with van der Waals surface area (Å²) >= 11 is 0. The lowest BCUT2D eigenvalue weighted by molar-refractivity contribution is -0.137. The van der Waals surface area contributed by atoms with Crippen molar-refractivity contribution in [2.24, 2.45) is 5.73 Å². The van der Waals surface area contributed by atoms with Crippen molar-refractivity contribution in [1.29, 1.82) is 5.26 Å². The standard InChI is InChI=1S/C26H27N5O3/c27-15-17-4-6-22-20(13-17)18(16-29-22)3-1-2-8-30-9-11-31(12-10-30)19-5-7-23-21(14-19)24(25(28)32)26(33)34-23/h4-7,13-14,16,24,29H,1-3,8-12H2,(H2,28,32). The molecular weight excluding hydrogens is 430 g/mol. The molecule has 1 amide bonds. The normalized spacial score (nSPS) is 18.0. The number of hydrogen-bond donors (Lipinski definition) is 2. The van der Waals surface area contributed by atoms with E-state index in [0.717, 1.165) is 68.6 Å². The molecule has 5 rings (SSSR count). The molecule has 2 aliphatic rings. The minimum atomic E-state index is -1.01. The molecule has 1 fully saturated rings. The van der Waals surface area contributed by atoms with Gasteiger partial charge in [0.15, 0.2) is 5.92 Å². The number of aromatic nitrogens is 1. The van der Waals surface area contributed by atoms with Crippen LogP contribution in [0.1, 0.15) is 35.4 Å². The summed E-state index contributed by atoms with van der Waals surface area (Å²) in [5.41, 5.74) is 10.00. The summed E-state index contributed by atoms with van der Waals surface area (Å²) in [6, 6.07) is 13.5. The molecule has 174 valence electrons. The van der Waals surface area contributed by atoms with Crippen molar-refractivity contribution in [1.82, 2.24) is 9.88 Å². The Morgan fingerprint density at radius 3 is 2.74 bits per heavy atom. The lowest BCUT2D eigenvalue weighted by Crippen LogP contribution is -2.46. The van der Waals surface area contributed by atoms with Gasteiger partial charge in [-0.05, 0) is 67.8 Å². The van der Waals surface area contributed by atoms with Crippen molar-refractivity contribution in [3.8, 4) is 11.8 Å². The molecule has 1 saturated heterocycles. The highest BCUT2D eigenvalue weighted by molar-refractivity contribution is 6.06. The molecule has 8 heteroatoms. The zero-order valence-electron chi connectivity index (χ0n) is 18.9. The zero-order valence-corrected chi connectivity index (χ0v) is 18.9. The van der Waals surface area contributed by atoms with Gasteiger partial charge in [-0.1, -0.05) is 0 Å². The van der Waals surface area contributed by atoms with E-state index in [1.165, 1.54) is 5.56 Å². The third-order valence-corrected chi connectivity index (χ3v) is 6.84. The first-order valence-corrected chi connectivity index (χ1v) is 11.7. The highest BCUT2D eigenvalue weighted by Crippen LogP contribution is 2.37. The number of fused-ring (bicyclic) bond motifs is 2. The van der Waals surface area contributed by atoms with Crippen LogP contribution in [0.25, 0.3) is 10.9 Å². The fourth-order valence-corrected chi connectivity index (χ4v) is 4.95. The second kappa shape index (κ2) is 9.20. The van der Waals surface area contributed by atoms with Crippen LogP contribution in [0.3, 0.4) is 0 Å². The van der Waals surface area contributed by atoms with Crippen LogP contribution >= 0.6 is 0 Å². The number of nitrogens with zero attached hydrogens (tertiary/aromatic N) is 3. The van der Waals surface area contributed by atoms with E-state index in [0.29, 0.717) is 16.9 Å². The average molecular weight is 458 g/mol. The van der Waals surface area contributed by atoms with Crippen LogP contribution in [0.5, 0.6) is 5.75 Å². The number of primary amides is 1. The van der Waals surface area contributed by atoms with Gasteiger partial charge in [0.1, 0.15) is 5.75 Å². The summed E-state index contributed by atoms with van der Waals surface area (Å²) in [5, 5.41) is 10.3. The van der Waals surface area contributed by atoms with Crippen LogP contribution in [-0.2, 0) is 16.0 Å². The van der Waals surface area contributed by atoms with Crippen molar-refractivity contribution in [3.63, 3.8) is 0 Å². The lowest BCUT2D eigenvalue weighted by atomic mass is 9.99. The molecule has 1 unspecified atom stereocenters. The fourth-order valence-electron chi connectivity index (χ4n) is 4.95. The van der Waals surface area contributed by atoms with Crippen LogP contribution in [0.15, 0.2) is 42.6 Å². The first-order chi connectivity index (χ1) is 16.5. The molecule has 8 nitrogen and oxygen atoms in total. The molecular formula is C26H27N5O3. The lowest BCUT2D eigenvalue weighted by Gasteiger charge is -2.36. The third-order valence-electron chi connectivity index (χ3n) is 6.84. The molecule has 0 saturated carbocycles. The Hall–Kier alpha value is -3.83. The van der Waals surface area contributed by atoms with Gasteiger partial charge in [0.25, 0.3) is 0 Å². The molecule has 0 bridgehead atoms. The van der Waals surface area contributed by atoms with Crippen molar-refractivity contribution < 1.29 is 14.3 Å². The molecule has 3 aromatic rings. The SMILES string of the molecule is N#Cc1ccc2[nH]cc(CCCCN3CCN(c4ccc5c(c4)C(C(N)=O)C(=O)O5)CC3)c2c1. The molecule has 2 aromatic carbocycles. The second-order valence-electron chi connectivity index (χ2n) is 8.95. The number of anilines is 1. The predicted molar refractivity (Wildman–Crippen MR) is 129 cm³/mol. The summed E-state index contributed by atoms with van der Waals surface area (Å²) < 4.78 is 5.17. The van der Waals surface area contributed by atoms with Crippen molar-refractivity contribution in [2.75, 3.05) is 37.6 Å². The molecule has 2 aliphatic heterocycles. The summed E-state index contributed by atoms with van der Waals surface area (Å²) in [7, 11) is 0. The summed E-state index contributed by atoms with van der Waals surface area (Å²) in [4.78, 5) is 31.7. The molecule has 3 N–H and O–H groups in total. The zero-order chi connectivity index (χ0) is 23.7. The number of benzene rings is 2. The highest BCUT2D eigenvalue weighted by atomic mass is 16.5. The molecule has 1 atom stereocenters. The van der Waals surface area contributed by atoms with Crippen molar-refractivity contribution in [3.05, 3.63) is 59.3 Å². The quantitative estimate of drug-likeness (QED) is 0.244. The fraction of sp³-hybridized carbons (Fsp3) is 0.346. The van der Waals surface area contributed by atoms with Gasteiger partial charge in [-0.15, -0.1) is 0 Å². The average Bonchev–Trinajstić information content (AvgIpc) is 3.40. The van der Waals surface area contributed by atoms with Gasteiger partial charge in [-0.3, -0.25) is 14.5 Å². The molecule has 0 spiro atoms. The Bertz CT molecular complexity index is 1280. The number of ether oxygens (including phenoxy) is 1. The number of carbonyl (C=O) groups is 2. The smallest absolute Gasteiger partial charge is 0.328 e. The summed E-state index contributed by atoms with van der Waals surface area (Å²) in [6.45, 7) is 4.74. The van der Waals surface area contributed by atoms with Gasteiger partial charge in [0.05, 0.1) is 11.6 Å². The van der Waals surface area contributed by atoms with Crippen LogP contribution < -0.4 is 15.4 Å². The van der Waals surface area contributed by atoms with E-state index in [4.69, 9.17) is 15.7 Å². The van der Waals surface area contributed by atoms with E-state index in [1.54, 1.807) is 6.07 Å². The number of carbonyl (C=O) groups excluding carboxylic acids is 2. The Labute approximate surface area is 197 Å². The number of piperazine rings is 1. The van der Waals surface area contributed by atoms with E-state index in [1.807, 2.05) is 30.3 Å². The number of amides is 1. The number of nitriles is 1. The summed E-state index contributed by atoms with van der Waals surface area (Å²) in [6.07, 6.45) is 5.26. The number of unbranched alkanes of at least 4 members (excludes halogenated alkanes) is 1. The van der Waals surface area contributed by atoms with E-state index in [2.05, 4.69) is 27.0 Å². The number of hydrogen-bond acceptors (Lipinski definition) is 6. The van der Waals surface area contributed by atoms with Gasteiger partial charge >= 0.3 is 5.97 Å². The number of nitrogens with two attached hydrogens (primary N) is 1. The minimum Gasteiger partial charge on any atom is -0.425 e. The van der Waals surface area contributed by atoms with E-state index >= 15 is 0 Å². The minimum absolute atomic E-state index is 0.426. The van der Waals surface area contributed by atoms with Gasteiger partial charge in [0, 0.05) is 54.5 Å². The van der Waals surface area contributed by atoms with Crippen LogP contribution in [0.4, 0.5) is 5.69 Å². The maximum absolute atomic E-state index is 11.9. The molecule has 34 heavy (non-hydrogen) atoms. The molecule has 1 aromatic heterocycles. The second-order valence-corrected chi connectivity index (χ2v) is 8.95. The first kappa shape index (κ1) is 22.0. The maximum Gasteiger partial charge on any atom is 0.328 e. The van der Waals surface area contributed by atoms with E-state index < -0.39 is 17.8 Å². The summed E-state index contributed by atoms with van der Waals surface area (Å²) in [5.74, 6) is -1.86. The van der Waals surface area contributed by atoms with E-state index in [-0.39, 0.29) is 0 Å². The van der Waals surface area contributed by atoms with E-state index in [9.17, 15) is 9.59 Å². The number of aryl methyl sites for hydroxylation is 1. The van der Waals surface area contributed by atoms with Crippen molar-refractivity contribution in [2.45, 2.75) is 25.2 Å². The number of nitrogens with one attached hydrogen (secondary N) is 1. The maximum atomic E-state index is 11.9. The van der Waals surface area contributed by atoms with Gasteiger partial charge < -0.3 is 20.4 Å². The topological polar surface area (TPSA) is 115 Å². The molecule has 3 heterocycles. The van der Waals surface area contributed by atoms with Gasteiger partial charge in [-0.25, -0.2) is 0 Å². The first-order valence-electron chi connectivity index (χ1n) is 11.7. The largest absolute Gasteiger partial charge is 0.425 e. The van der Waals surface area contributed by atoms with Gasteiger partial charge in [0.2, 0.25) is 5.91 Å². The molecule has 0 aliphatic carbocycles. The Balaban J connectivity index is 1.11. The third kappa shape index (κ3) is 4.22. The number of aromatic amines is 1. The highest BCUT2D eigenvalue weighted by Gasteiger charge is 2.38. The van der Waals surface area contributed by atoms with Crippen LogP contribution in [0.2, 0.25) is 0 Å². The van der Waals surface area contributed by atoms with Crippen LogP contribution in [-0.4, -0.2) is 54.5 Å². The Kier molecular flexibility index (Phi) is 5.95. The Morgan fingerprint density at radius 1 is 1.15 bits per heavy atom. The van der Waals surface area contributed by atoms with Crippen LogP contribution in [0, 0.1) is 11.3 Å². The number of rotatable bonds is 7. The number of esters is 1. The number of H-pyrrole nitrogens is 1. The Morgan fingerprint density at radius 2 is 1.97 bits per heavy atom. The van der Waals surface area contributed by atoms with Gasteiger partial charge in [-0.2, -0.15) is 5.26 Å². The monoisotopic (exact) mass is 457 g/mol. The predicted octanol–water partition coefficient (Wildman–Crippen LogP) is 2.67. The van der Waals surface area contributed by atoms with Crippen molar-refractivity contribution >= 4 is 28.5 Å².